The molecule has 0 amide bonds. The molecule has 0 radical (unpaired) electrons. The van der Waals surface area contributed by atoms with Crippen molar-refractivity contribution in [3.05, 3.63) is 39.4 Å². The number of hydrogen-bond acceptors (Lipinski definition) is 8. The summed E-state index contributed by atoms with van der Waals surface area (Å²) >= 11 is 0. The van der Waals surface area contributed by atoms with Gasteiger partial charge in [-0.2, -0.15) is 0 Å². The number of benzene rings is 1. The van der Waals surface area contributed by atoms with E-state index in [0.29, 0.717) is 31.5 Å². The van der Waals surface area contributed by atoms with E-state index in [9.17, 15) is 19.7 Å². The fourth-order valence-electron chi connectivity index (χ4n) is 4.08. The molecule has 9 nitrogen and oxygen atoms in total. The van der Waals surface area contributed by atoms with Crippen LogP contribution in [0.15, 0.2) is 23.8 Å². The SMILES string of the molecule is O=C1OC2(CCCCC2)OC(=O)C1=Cc1cc([N+](=O)[O-])ccc1N1CCNCC1. The first-order valence-corrected chi connectivity index (χ1v) is 9.90. The highest BCUT2D eigenvalue weighted by atomic mass is 16.7. The molecular formula is C20H23N3O6. The van der Waals surface area contributed by atoms with Crippen molar-refractivity contribution in [2.24, 2.45) is 0 Å². The van der Waals surface area contributed by atoms with Crippen LogP contribution in [0, 0.1) is 10.1 Å². The lowest BCUT2D eigenvalue weighted by molar-refractivity contribution is -0.384. The standard InChI is InChI=1S/C20H23N3O6/c24-18-16(19(25)29-20(28-18)6-2-1-3-7-20)13-14-12-15(23(26)27)4-5-17(14)22-10-8-21-9-11-22/h4-5,12-13,21H,1-3,6-11H2. The van der Waals surface area contributed by atoms with Crippen LogP contribution in [0.2, 0.25) is 0 Å². The minimum atomic E-state index is -1.16. The van der Waals surface area contributed by atoms with E-state index in [1.54, 1.807) is 6.07 Å². The number of nitro groups is 1. The van der Waals surface area contributed by atoms with Gasteiger partial charge in [-0.05, 0) is 25.0 Å². The van der Waals surface area contributed by atoms with Crippen LogP contribution < -0.4 is 10.2 Å². The highest BCUT2D eigenvalue weighted by molar-refractivity contribution is 6.19. The third-order valence-electron chi connectivity index (χ3n) is 5.59. The summed E-state index contributed by atoms with van der Waals surface area (Å²) in [7, 11) is 0. The van der Waals surface area contributed by atoms with E-state index in [-0.39, 0.29) is 11.3 Å². The number of nitro benzene ring substituents is 1. The summed E-state index contributed by atoms with van der Waals surface area (Å²) in [5, 5.41) is 14.5. The zero-order chi connectivity index (χ0) is 20.4. The summed E-state index contributed by atoms with van der Waals surface area (Å²) in [6.07, 6.45) is 5.03. The van der Waals surface area contributed by atoms with E-state index >= 15 is 0 Å². The number of esters is 2. The van der Waals surface area contributed by atoms with E-state index in [1.807, 2.05) is 0 Å². The Morgan fingerprint density at radius 3 is 2.34 bits per heavy atom. The van der Waals surface area contributed by atoms with Crippen molar-refractivity contribution in [3.8, 4) is 0 Å². The van der Waals surface area contributed by atoms with Crippen LogP contribution >= 0.6 is 0 Å². The second-order valence-corrected chi connectivity index (χ2v) is 7.55. The van der Waals surface area contributed by atoms with Crippen molar-refractivity contribution < 1.29 is 24.0 Å². The van der Waals surface area contributed by atoms with E-state index in [0.717, 1.165) is 38.0 Å². The molecule has 1 saturated carbocycles. The number of anilines is 1. The molecule has 3 fully saturated rings. The molecule has 1 spiro atoms. The highest BCUT2D eigenvalue weighted by Crippen LogP contribution is 2.38. The van der Waals surface area contributed by atoms with Crippen LogP contribution in [0.3, 0.4) is 0 Å². The molecule has 0 bridgehead atoms. The Morgan fingerprint density at radius 2 is 1.72 bits per heavy atom. The van der Waals surface area contributed by atoms with Crippen LogP contribution in [0.5, 0.6) is 0 Å². The predicted molar refractivity (Wildman–Crippen MR) is 104 cm³/mol. The molecule has 1 aromatic rings. The highest BCUT2D eigenvalue weighted by Gasteiger charge is 2.46. The second-order valence-electron chi connectivity index (χ2n) is 7.55. The Labute approximate surface area is 167 Å². The molecule has 0 aromatic heterocycles. The average Bonchev–Trinajstić information content (AvgIpc) is 2.72. The Bertz CT molecular complexity index is 847. The van der Waals surface area contributed by atoms with Gasteiger partial charge < -0.3 is 19.7 Å². The van der Waals surface area contributed by atoms with Gasteiger partial charge in [0.1, 0.15) is 5.57 Å². The molecule has 0 unspecified atom stereocenters. The summed E-state index contributed by atoms with van der Waals surface area (Å²) in [6, 6.07) is 4.45. The molecule has 154 valence electrons. The number of nitrogens with one attached hydrogen (secondary N) is 1. The molecular weight excluding hydrogens is 378 g/mol. The van der Waals surface area contributed by atoms with Crippen molar-refractivity contribution in [3.63, 3.8) is 0 Å². The Kier molecular flexibility index (Phi) is 5.23. The fourth-order valence-corrected chi connectivity index (χ4v) is 4.08. The van der Waals surface area contributed by atoms with E-state index < -0.39 is 22.6 Å². The van der Waals surface area contributed by atoms with Gasteiger partial charge in [0.05, 0.1) is 4.92 Å². The number of hydrogen-bond donors (Lipinski definition) is 1. The number of nitrogens with zero attached hydrogens (tertiary/aromatic N) is 2. The monoisotopic (exact) mass is 401 g/mol. The quantitative estimate of drug-likeness (QED) is 0.270. The molecule has 29 heavy (non-hydrogen) atoms. The van der Waals surface area contributed by atoms with Crippen molar-refractivity contribution in [2.45, 2.75) is 37.9 Å². The van der Waals surface area contributed by atoms with E-state index in [2.05, 4.69) is 10.2 Å². The maximum Gasteiger partial charge on any atom is 0.348 e. The molecule has 0 atom stereocenters. The first-order chi connectivity index (χ1) is 14.0. The van der Waals surface area contributed by atoms with Gasteiger partial charge in [-0.1, -0.05) is 6.42 Å². The van der Waals surface area contributed by atoms with Gasteiger partial charge in [0.25, 0.3) is 11.5 Å². The molecule has 4 rings (SSSR count). The molecule has 2 heterocycles. The molecule has 2 aliphatic heterocycles. The van der Waals surface area contributed by atoms with Gasteiger partial charge in [0, 0.05) is 62.4 Å². The summed E-state index contributed by atoms with van der Waals surface area (Å²) in [5.74, 6) is -2.63. The first-order valence-electron chi connectivity index (χ1n) is 9.90. The van der Waals surface area contributed by atoms with Crippen molar-refractivity contribution in [1.29, 1.82) is 0 Å². The molecule has 9 heteroatoms. The summed E-state index contributed by atoms with van der Waals surface area (Å²) in [6.45, 7) is 2.98. The average molecular weight is 401 g/mol. The Hall–Kier alpha value is -2.94. The summed E-state index contributed by atoms with van der Waals surface area (Å²) in [4.78, 5) is 38.1. The molecule has 1 N–H and O–H groups in total. The number of rotatable bonds is 3. The zero-order valence-electron chi connectivity index (χ0n) is 16.0. The van der Waals surface area contributed by atoms with Crippen molar-refractivity contribution >= 4 is 29.4 Å². The Morgan fingerprint density at radius 1 is 1.07 bits per heavy atom. The third kappa shape index (κ3) is 3.95. The van der Waals surface area contributed by atoms with Crippen LogP contribution in [-0.4, -0.2) is 48.8 Å². The topological polar surface area (TPSA) is 111 Å². The van der Waals surface area contributed by atoms with Crippen LogP contribution in [0.4, 0.5) is 11.4 Å². The third-order valence-corrected chi connectivity index (χ3v) is 5.59. The van der Waals surface area contributed by atoms with Gasteiger partial charge in [0.15, 0.2) is 0 Å². The largest absolute Gasteiger partial charge is 0.419 e. The first kappa shape index (κ1) is 19.4. The van der Waals surface area contributed by atoms with Gasteiger partial charge in [-0.25, -0.2) is 9.59 Å². The minimum absolute atomic E-state index is 0.114. The lowest BCUT2D eigenvalue weighted by Crippen LogP contribution is -2.47. The zero-order valence-corrected chi connectivity index (χ0v) is 16.0. The molecule has 1 aromatic carbocycles. The normalized spacial score (nSPS) is 21.5. The number of non-ortho nitro benzene ring substituents is 1. The van der Waals surface area contributed by atoms with E-state index in [1.165, 1.54) is 18.2 Å². The number of carbonyl (C=O) groups is 2. The fraction of sp³-hybridized carbons (Fsp3) is 0.500. The van der Waals surface area contributed by atoms with Crippen LogP contribution in [0.25, 0.3) is 6.08 Å². The number of ether oxygens (including phenoxy) is 2. The van der Waals surface area contributed by atoms with Crippen LogP contribution in [0.1, 0.15) is 37.7 Å². The second kappa shape index (κ2) is 7.82. The molecule has 1 aliphatic carbocycles. The molecule has 3 aliphatic rings. The summed E-state index contributed by atoms with van der Waals surface area (Å²) < 4.78 is 11.1. The van der Waals surface area contributed by atoms with Crippen LogP contribution in [-0.2, 0) is 19.1 Å². The predicted octanol–water partition coefficient (Wildman–Crippen LogP) is 2.15. The number of carbonyl (C=O) groups excluding carboxylic acids is 2. The smallest absolute Gasteiger partial charge is 0.348 e. The lowest BCUT2D eigenvalue weighted by atomic mass is 9.93. The van der Waals surface area contributed by atoms with Crippen molar-refractivity contribution in [2.75, 3.05) is 31.1 Å². The minimum Gasteiger partial charge on any atom is -0.419 e. The molecule has 2 saturated heterocycles. The summed E-state index contributed by atoms with van der Waals surface area (Å²) in [5.41, 5.74) is 0.794. The van der Waals surface area contributed by atoms with E-state index in [4.69, 9.17) is 9.47 Å². The maximum atomic E-state index is 12.6. The van der Waals surface area contributed by atoms with Gasteiger partial charge in [-0.3, -0.25) is 10.1 Å². The van der Waals surface area contributed by atoms with Crippen molar-refractivity contribution in [1.82, 2.24) is 5.32 Å². The number of piperazine rings is 1. The van der Waals surface area contributed by atoms with Gasteiger partial charge in [0.2, 0.25) is 0 Å². The maximum absolute atomic E-state index is 12.6. The van der Waals surface area contributed by atoms with Gasteiger partial charge >= 0.3 is 11.9 Å². The Balaban J connectivity index is 1.68. The van der Waals surface area contributed by atoms with Gasteiger partial charge in [-0.15, -0.1) is 0 Å². The lowest BCUT2D eigenvalue weighted by Gasteiger charge is -2.38.